The number of nitrogens with two attached hydrogens (primary N) is 1. The number of aliphatic hydroxyl groups excluding tert-OH is 1. The Balaban J connectivity index is 2.77. The van der Waals surface area contributed by atoms with Crippen LogP contribution in [0, 0.1) is 0 Å². The minimum Gasteiger partial charge on any atom is -0.395 e. The number of rotatable bonds is 3. The highest BCUT2D eigenvalue weighted by Gasteiger charge is 2.13. The van der Waals surface area contributed by atoms with Crippen molar-refractivity contribution in [2.24, 2.45) is 5.73 Å². The maximum Gasteiger partial charge on any atom is 0.0588 e. The number of hydrogen-bond acceptors (Lipinski definition) is 2. The van der Waals surface area contributed by atoms with Crippen LogP contribution in [0.2, 0.25) is 5.02 Å². The van der Waals surface area contributed by atoms with Crippen LogP contribution in [0.1, 0.15) is 18.4 Å². The van der Waals surface area contributed by atoms with Crippen LogP contribution < -0.4 is 5.73 Å². The normalized spacial score (nSPS) is 15.4. The first-order chi connectivity index (χ1) is 6.15. The average molecular weight is 200 g/mol. The number of hydrogen-bond donors (Lipinski definition) is 2. The molecular weight excluding hydrogens is 186 g/mol. The summed E-state index contributed by atoms with van der Waals surface area (Å²) in [6.45, 7) is 1.99. The van der Waals surface area contributed by atoms with Crippen LogP contribution >= 0.6 is 11.6 Å². The summed E-state index contributed by atoms with van der Waals surface area (Å²) in [5, 5.41) is 9.59. The Morgan fingerprint density at radius 2 is 1.92 bits per heavy atom. The van der Waals surface area contributed by atoms with Gasteiger partial charge in [-0.05, 0) is 23.6 Å². The van der Waals surface area contributed by atoms with Gasteiger partial charge in [0.1, 0.15) is 0 Å². The summed E-state index contributed by atoms with van der Waals surface area (Å²) in [5.74, 6) is 0.155. The van der Waals surface area contributed by atoms with E-state index in [-0.39, 0.29) is 18.6 Å². The van der Waals surface area contributed by atoms with E-state index in [1.165, 1.54) is 0 Å². The van der Waals surface area contributed by atoms with Gasteiger partial charge in [-0.25, -0.2) is 0 Å². The Hall–Kier alpha value is -0.570. The van der Waals surface area contributed by atoms with Crippen LogP contribution in [0.5, 0.6) is 0 Å². The molecule has 2 atom stereocenters. The second-order valence-corrected chi connectivity index (χ2v) is 3.62. The lowest BCUT2D eigenvalue weighted by Gasteiger charge is -2.17. The predicted molar refractivity (Wildman–Crippen MR) is 54.9 cm³/mol. The summed E-state index contributed by atoms with van der Waals surface area (Å²) in [5.41, 5.74) is 6.81. The van der Waals surface area contributed by atoms with Crippen molar-refractivity contribution in [3.63, 3.8) is 0 Å². The zero-order valence-corrected chi connectivity index (χ0v) is 8.33. The molecule has 0 aliphatic heterocycles. The van der Waals surface area contributed by atoms with Gasteiger partial charge < -0.3 is 10.8 Å². The molecule has 0 saturated carbocycles. The highest BCUT2D eigenvalue weighted by molar-refractivity contribution is 6.30. The lowest BCUT2D eigenvalue weighted by molar-refractivity contribution is 0.252. The van der Waals surface area contributed by atoms with Gasteiger partial charge in [0.05, 0.1) is 6.61 Å². The van der Waals surface area contributed by atoms with Gasteiger partial charge in [-0.3, -0.25) is 0 Å². The van der Waals surface area contributed by atoms with Crippen LogP contribution in [-0.2, 0) is 0 Å². The lowest BCUT2D eigenvalue weighted by atomic mass is 9.94. The van der Waals surface area contributed by atoms with Gasteiger partial charge in [0.25, 0.3) is 0 Å². The fourth-order valence-corrected chi connectivity index (χ4v) is 1.30. The van der Waals surface area contributed by atoms with Crippen molar-refractivity contribution in [2.75, 3.05) is 6.61 Å². The Morgan fingerprint density at radius 1 is 1.38 bits per heavy atom. The Labute approximate surface area is 83.3 Å². The molecule has 0 aliphatic carbocycles. The van der Waals surface area contributed by atoms with E-state index < -0.39 is 0 Å². The van der Waals surface area contributed by atoms with Crippen molar-refractivity contribution >= 4 is 11.6 Å². The first kappa shape index (κ1) is 10.5. The zero-order valence-electron chi connectivity index (χ0n) is 7.57. The summed E-state index contributed by atoms with van der Waals surface area (Å²) < 4.78 is 0. The maximum atomic E-state index is 8.87. The van der Waals surface area contributed by atoms with Crippen molar-refractivity contribution in [3.05, 3.63) is 34.9 Å². The minimum atomic E-state index is -0.207. The SMILES string of the molecule is CC(c1ccc(Cl)cc1)C(N)CO. The fourth-order valence-electron chi connectivity index (χ4n) is 1.17. The molecule has 0 saturated heterocycles. The third kappa shape index (κ3) is 2.69. The first-order valence-corrected chi connectivity index (χ1v) is 4.65. The van der Waals surface area contributed by atoms with Crippen molar-refractivity contribution in [1.82, 2.24) is 0 Å². The molecule has 0 heterocycles. The van der Waals surface area contributed by atoms with E-state index in [0.717, 1.165) is 5.56 Å². The zero-order chi connectivity index (χ0) is 9.84. The molecule has 72 valence electrons. The summed E-state index contributed by atoms with van der Waals surface area (Å²) in [6, 6.07) is 7.32. The van der Waals surface area contributed by atoms with Crippen molar-refractivity contribution in [3.8, 4) is 0 Å². The predicted octanol–water partition coefficient (Wildman–Crippen LogP) is 1.76. The Kier molecular flexibility index (Phi) is 3.72. The minimum absolute atomic E-state index is 0.00376. The lowest BCUT2D eigenvalue weighted by Crippen LogP contribution is -2.30. The van der Waals surface area contributed by atoms with E-state index in [0.29, 0.717) is 5.02 Å². The van der Waals surface area contributed by atoms with Crippen LogP contribution in [0.15, 0.2) is 24.3 Å². The topological polar surface area (TPSA) is 46.2 Å². The molecule has 0 aromatic heterocycles. The van der Waals surface area contributed by atoms with Crippen LogP contribution in [0.3, 0.4) is 0 Å². The third-order valence-electron chi connectivity index (χ3n) is 2.25. The molecule has 0 amide bonds. The van der Waals surface area contributed by atoms with Crippen molar-refractivity contribution in [1.29, 1.82) is 0 Å². The maximum absolute atomic E-state index is 8.87. The van der Waals surface area contributed by atoms with Crippen molar-refractivity contribution in [2.45, 2.75) is 18.9 Å². The van der Waals surface area contributed by atoms with Gasteiger partial charge in [-0.1, -0.05) is 30.7 Å². The quantitative estimate of drug-likeness (QED) is 0.780. The molecule has 2 nitrogen and oxygen atoms in total. The highest BCUT2D eigenvalue weighted by atomic mass is 35.5. The largest absolute Gasteiger partial charge is 0.395 e. The molecule has 0 radical (unpaired) electrons. The van der Waals surface area contributed by atoms with Crippen LogP contribution in [0.4, 0.5) is 0 Å². The van der Waals surface area contributed by atoms with Gasteiger partial charge in [0.15, 0.2) is 0 Å². The second kappa shape index (κ2) is 4.61. The van der Waals surface area contributed by atoms with Gasteiger partial charge in [-0.15, -0.1) is 0 Å². The standard InChI is InChI=1S/C10H14ClNO/c1-7(10(12)6-13)8-2-4-9(11)5-3-8/h2-5,7,10,13H,6,12H2,1H3. The van der Waals surface area contributed by atoms with Crippen LogP contribution in [0.25, 0.3) is 0 Å². The molecule has 2 unspecified atom stereocenters. The van der Waals surface area contributed by atoms with Gasteiger partial charge in [0, 0.05) is 11.1 Å². The molecule has 1 rings (SSSR count). The van der Waals surface area contributed by atoms with Gasteiger partial charge >= 0.3 is 0 Å². The van der Waals surface area contributed by atoms with E-state index >= 15 is 0 Å². The van der Waals surface area contributed by atoms with E-state index in [9.17, 15) is 0 Å². The number of benzene rings is 1. The molecule has 3 N–H and O–H groups in total. The average Bonchev–Trinajstić information content (AvgIpc) is 2.17. The number of aliphatic hydroxyl groups is 1. The summed E-state index contributed by atoms with van der Waals surface area (Å²) in [4.78, 5) is 0. The molecule has 1 aromatic rings. The third-order valence-corrected chi connectivity index (χ3v) is 2.50. The fraction of sp³-hybridized carbons (Fsp3) is 0.400. The summed E-state index contributed by atoms with van der Waals surface area (Å²) >= 11 is 5.75. The molecule has 13 heavy (non-hydrogen) atoms. The van der Waals surface area contributed by atoms with E-state index in [4.69, 9.17) is 22.4 Å². The molecule has 1 aromatic carbocycles. The molecule has 0 fully saturated rings. The summed E-state index contributed by atoms with van der Waals surface area (Å²) in [6.07, 6.45) is 0. The van der Waals surface area contributed by atoms with Gasteiger partial charge in [0.2, 0.25) is 0 Å². The molecule has 0 spiro atoms. The summed E-state index contributed by atoms with van der Waals surface area (Å²) in [7, 11) is 0. The van der Waals surface area contributed by atoms with E-state index in [2.05, 4.69) is 0 Å². The Bertz CT molecular complexity index is 260. The van der Waals surface area contributed by atoms with E-state index in [1.54, 1.807) is 0 Å². The van der Waals surface area contributed by atoms with Crippen LogP contribution in [-0.4, -0.2) is 17.8 Å². The Morgan fingerprint density at radius 3 is 2.38 bits per heavy atom. The molecular formula is C10H14ClNO. The number of halogens is 1. The van der Waals surface area contributed by atoms with E-state index in [1.807, 2.05) is 31.2 Å². The first-order valence-electron chi connectivity index (χ1n) is 4.27. The molecule has 0 aliphatic rings. The van der Waals surface area contributed by atoms with Crippen molar-refractivity contribution < 1.29 is 5.11 Å². The molecule has 3 heteroatoms. The molecule has 0 bridgehead atoms. The monoisotopic (exact) mass is 199 g/mol. The highest BCUT2D eigenvalue weighted by Crippen LogP contribution is 2.19. The smallest absolute Gasteiger partial charge is 0.0588 e. The van der Waals surface area contributed by atoms with Gasteiger partial charge in [-0.2, -0.15) is 0 Å². The second-order valence-electron chi connectivity index (χ2n) is 3.19.